The minimum atomic E-state index is -0.199. The van der Waals surface area contributed by atoms with Crippen LogP contribution in [0.4, 0.5) is 5.82 Å². The molecule has 0 bridgehead atoms. The van der Waals surface area contributed by atoms with E-state index >= 15 is 0 Å². The highest BCUT2D eigenvalue weighted by atomic mass is 32.1. The zero-order chi connectivity index (χ0) is 22.0. The summed E-state index contributed by atoms with van der Waals surface area (Å²) in [7, 11) is 0. The maximum Gasteiger partial charge on any atom is 0.255 e. The number of aromatic amines is 1. The van der Waals surface area contributed by atoms with Crippen LogP contribution in [-0.4, -0.2) is 25.7 Å². The van der Waals surface area contributed by atoms with Crippen molar-refractivity contribution in [3.8, 4) is 16.5 Å². The van der Waals surface area contributed by atoms with Crippen molar-refractivity contribution in [2.45, 2.75) is 33.6 Å². The van der Waals surface area contributed by atoms with Crippen LogP contribution in [0.15, 0.2) is 52.6 Å². The number of hydrogen-bond donors (Lipinski definition) is 2. The van der Waals surface area contributed by atoms with Gasteiger partial charge in [-0.05, 0) is 37.3 Å². The van der Waals surface area contributed by atoms with Gasteiger partial charge in [-0.3, -0.25) is 14.6 Å². The fourth-order valence-corrected chi connectivity index (χ4v) is 4.16. The molecule has 31 heavy (non-hydrogen) atoms. The molecule has 7 nitrogen and oxygen atoms in total. The van der Waals surface area contributed by atoms with Gasteiger partial charge in [-0.2, -0.15) is 9.78 Å². The second-order valence-corrected chi connectivity index (χ2v) is 8.27. The molecule has 0 spiro atoms. The first-order valence-electron chi connectivity index (χ1n) is 10.0. The van der Waals surface area contributed by atoms with Gasteiger partial charge >= 0.3 is 0 Å². The average molecular weight is 434 g/mol. The Bertz CT molecular complexity index is 1290. The molecule has 0 aliphatic rings. The van der Waals surface area contributed by atoms with Crippen molar-refractivity contribution in [2.75, 3.05) is 5.32 Å². The van der Waals surface area contributed by atoms with E-state index in [-0.39, 0.29) is 23.8 Å². The molecule has 0 aliphatic heterocycles. The fraction of sp³-hybridized carbons (Fsp3) is 0.217. The molecule has 0 saturated heterocycles. The van der Waals surface area contributed by atoms with Gasteiger partial charge in [-0.1, -0.05) is 42.8 Å². The summed E-state index contributed by atoms with van der Waals surface area (Å²) in [6.07, 6.45) is 0.826. The van der Waals surface area contributed by atoms with Gasteiger partial charge in [-0.15, -0.1) is 11.3 Å². The number of anilines is 1. The number of nitrogens with zero attached hydrogens (tertiary/aromatic N) is 3. The van der Waals surface area contributed by atoms with Crippen molar-refractivity contribution in [1.29, 1.82) is 0 Å². The van der Waals surface area contributed by atoms with E-state index in [1.807, 2.05) is 55.6 Å². The lowest BCUT2D eigenvalue weighted by Gasteiger charge is -2.10. The monoisotopic (exact) mass is 433 g/mol. The number of carbonyl (C=O) groups excluding carboxylic acids is 1. The van der Waals surface area contributed by atoms with Gasteiger partial charge < -0.3 is 5.32 Å². The normalized spacial score (nSPS) is 10.9. The first kappa shape index (κ1) is 20.7. The summed E-state index contributed by atoms with van der Waals surface area (Å²) in [6.45, 7) is 5.71. The van der Waals surface area contributed by atoms with Gasteiger partial charge in [0.1, 0.15) is 11.5 Å². The predicted octanol–water partition coefficient (Wildman–Crippen LogP) is 4.04. The van der Waals surface area contributed by atoms with Crippen LogP contribution in [0.3, 0.4) is 0 Å². The Morgan fingerprint density at radius 1 is 1.19 bits per heavy atom. The summed E-state index contributed by atoms with van der Waals surface area (Å²) >= 11 is 1.55. The minimum Gasteiger partial charge on any atom is -0.310 e. The highest BCUT2D eigenvalue weighted by Gasteiger charge is 2.17. The van der Waals surface area contributed by atoms with Crippen LogP contribution in [0.5, 0.6) is 0 Å². The SMILES string of the molecule is CCc1c(C)nc(-n2nc(-c3cccs3)cc2NC(=O)Cc2cccc(C)c2)[nH]c1=O. The molecule has 1 amide bonds. The molecular weight excluding hydrogens is 410 g/mol. The maximum atomic E-state index is 12.8. The molecule has 3 aromatic heterocycles. The van der Waals surface area contributed by atoms with Crippen LogP contribution in [0.25, 0.3) is 16.5 Å². The minimum absolute atomic E-state index is 0.172. The molecule has 8 heteroatoms. The van der Waals surface area contributed by atoms with Gasteiger partial charge in [0.05, 0.1) is 11.3 Å². The zero-order valence-electron chi connectivity index (χ0n) is 17.6. The number of nitrogens with one attached hydrogen (secondary N) is 2. The van der Waals surface area contributed by atoms with E-state index < -0.39 is 0 Å². The first-order valence-corrected chi connectivity index (χ1v) is 10.9. The topological polar surface area (TPSA) is 92.7 Å². The Kier molecular flexibility index (Phi) is 5.81. The smallest absolute Gasteiger partial charge is 0.255 e. The van der Waals surface area contributed by atoms with Crippen LogP contribution < -0.4 is 10.9 Å². The third kappa shape index (κ3) is 4.49. The molecular formula is C23H23N5O2S. The number of thiophene rings is 1. The number of aryl methyl sites for hydroxylation is 2. The van der Waals surface area contributed by atoms with Crippen LogP contribution >= 0.6 is 11.3 Å². The number of aromatic nitrogens is 4. The largest absolute Gasteiger partial charge is 0.310 e. The molecule has 0 fully saturated rings. The van der Waals surface area contributed by atoms with Crippen molar-refractivity contribution >= 4 is 23.1 Å². The first-order chi connectivity index (χ1) is 14.9. The van der Waals surface area contributed by atoms with Crippen molar-refractivity contribution in [2.24, 2.45) is 0 Å². The molecule has 0 atom stereocenters. The van der Waals surface area contributed by atoms with E-state index in [2.05, 4.69) is 20.4 Å². The summed E-state index contributed by atoms with van der Waals surface area (Å²) in [4.78, 5) is 33.5. The Morgan fingerprint density at radius 3 is 2.71 bits per heavy atom. The highest BCUT2D eigenvalue weighted by molar-refractivity contribution is 7.13. The molecule has 158 valence electrons. The lowest BCUT2D eigenvalue weighted by atomic mass is 10.1. The quantitative estimate of drug-likeness (QED) is 0.480. The molecule has 3 heterocycles. The fourth-order valence-electron chi connectivity index (χ4n) is 3.48. The average Bonchev–Trinajstić information content (AvgIpc) is 3.37. The number of hydrogen-bond acceptors (Lipinski definition) is 5. The number of carbonyl (C=O) groups is 1. The third-order valence-electron chi connectivity index (χ3n) is 4.96. The number of benzene rings is 1. The van der Waals surface area contributed by atoms with Crippen molar-refractivity contribution in [3.05, 3.63) is 80.6 Å². The lowest BCUT2D eigenvalue weighted by Crippen LogP contribution is -2.22. The van der Waals surface area contributed by atoms with Gasteiger partial charge in [0.25, 0.3) is 5.56 Å². The van der Waals surface area contributed by atoms with Crippen LogP contribution in [-0.2, 0) is 17.6 Å². The van der Waals surface area contributed by atoms with Crippen molar-refractivity contribution < 1.29 is 4.79 Å². The second kappa shape index (κ2) is 8.69. The number of amides is 1. The molecule has 2 N–H and O–H groups in total. The standard InChI is InChI=1S/C23H23N5O2S/c1-4-17-15(3)24-23(26-22(17)30)28-20(13-18(27-28)19-9-6-10-31-19)25-21(29)12-16-8-5-7-14(2)11-16/h5-11,13H,4,12H2,1-3H3,(H,25,29)(H,24,26,30). The summed E-state index contributed by atoms with van der Waals surface area (Å²) in [5, 5.41) is 9.51. The summed E-state index contributed by atoms with van der Waals surface area (Å²) in [5.74, 6) is 0.551. The number of rotatable bonds is 6. The zero-order valence-corrected chi connectivity index (χ0v) is 18.4. The van der Waals surface area contributed by atoms with Crippen LogP contribution in [0.1, 0.15) is 29.3 Å². The summed E-state index contributed by atoms with van der Waals surface area (Å²) in [5.41, 5.74) is 3.81. The van der Waals surface area contributed by atoms with E-state index in [1.54, 1.807) is 24.3 Å². The second-order valence-electron chi connectivity index (χ2n) is 7.32. The molecule has 0 unspecified atom stereocenters. The Hall–Kier alpha value is -3.52. The van der Waals surface area contributed by atoms with E-state index in [4.69, 9.17) is 0 Å². The van der Waals surface area contributed by atoms with Gasteiger partial charge in [0.2, 0.25) is 11.9 Å². The molecule has 4 rings (SSSR count). The number of H-pyrrole nitrogens is 1. The lowest BCUT2D eigenvalue weighted by molar-refractivity contribution is -0.115. The predicted molar refractivity (Wildman–Crippen MR) is 123 cm³/mol. The maximum absolute atomic E-state index is 12.8. The molecule has 0 saturated carbocycles. The van der Waals surface area contributed by atoms with Gasteiger partial charge in [-0.25, -0.2) is 4.98 Å². The summed E-state index contributed by atoms with van der Waals surface area (Å²) in [6, 6.07) is 13.5. The Balaban J connectivity index is 1.71. The van der Waals surface area contributed by atoms with E-state index in [9.17, 15) is 9.59 Å². The van der Waals surface area contributed by atoms with Gasteiger partial charge in [0, 0.05) is 17.3 Å². The highest BCUT2D eigenvalue weighted by Crippen LogP contribution is 2.27. The molecule has 4 aromatic rings. The Labute approximate surface area is 183 Å². The van der Waals surface area contributed by atoms with Gasteiger partial charge in [0.15, 0.2) is 0 Å². The van der Waals surface area contributed by atoms with E-state index in [1.165, 1.54) is 4.68 Å². The van der Waals surface area contributed by atoms with E-state index in [0.29, 0.717) is 29.2 Å². The van der Waals surface area contributed by atoms with Crippen molar-refractivity contribution in [1.82, 2.24) is 19.7 Å². The molecule has 0 radical (unpaired) electrons. The van der Waals surface area contributed by atoms with Crippen molar-refractivity contribution in [3.63, 3.8) is 0 Å². The van der Waals surface area contributed by atoms with Crippen LogP contribution in [0.2, 0.25) is 0 Å². The molecule has 0 aliphatic carbocycles. The molecule has 1 aromatic carbocycles. The third-order valence-corrected chi connectivity index (χ3v) is 5.85. The Morgan fingerprint density at radius 2 is 2.03 bits per heavy atom. The van der Waals surface area contributed by atoms with E-state index in [0.717, 1.165) is 16.0 Å². The summed E-state index contributed by atoms with van der Waals surface area (Å²) < 4.78 is 1.48. The van der Waals surface area contributed by atoms with Crippen LogP contribution in [0, 0.1) is 13.8 Å².